The maximum atomic E-state index is 12.8. The molecule has 0 radical (unpaired) electrons. The Labute approximate surface area is 134 Å². The number of ketones is 1. The van der Waals surface area contributed by atoms with Crippen LogP contribution in [0.5, 0.6) is 0 Å². The lowest BCUT2D eigenvalue weighted by molar-refractivity contribution is -0.180. The minimum Gasteiger partial charge on any atom is -0.393 e. The van der Waals surface area contributed by atoms with Crippen LogP contribution in [0.15, 0.2) is 12.2 Å². The summed E-state index contributed by atoms with van der Waals surface area (Å²) in [4.78, 5) is 12.8. The van der Waals surface area contributed by atoms with Crippen molar-refractivity contribution in [3.8, 4) is 0 Å². The Hall–Kier alpha value is -0.630. The number of fused-ring (bicyclic) bond motifs is 3. The average molecular weight is 302 g/mol. The van der Waals surface area contributed by atoms with Gasteiger partial charge in [0.25, 0.3) is 0 Å². The van der Waals surface area contributed by atoms with Gasteiger partial charge in [0, 0.05) is 11.8 Å². The number of allylic oxidation sites excluding steroid dienone is 2. The summed E-state index contributed by atoms with van der Waals surface area (Å²) in [5, 5.41) is 10.5. The molecule has 0 aromatic heterocycles. The van der Waals surface area contributed by atoms with Gasteiger partial charge in [-0.1, -0.05) is 32.9 Å². The lowest BCUT2D eigenvalue weighted by Gasteiger charge is -2.64. The highest BCUT2D eigenvalue weighted by Crippen LogP contribution is 2.70. The van der Waals surface area contributed by atoms with E-state index in [1.54, 1.807) is 0 Å². The minimum atomic E-state index is -0.191. The Bertz CT molecular complexity index is 562. The van der Waals surface area contributed by atoms with E-state index in [0.717, 1.165) is 25.7 Å². The smallest absolute Gasteiger partial charge is 0.142 e. The molecule has 0 aromatic rings. The first-order chi connectivity index (χ1) is 10.1. The predicted molar refractivity (Wildman–Crippen MR) is 87.3 cm³/mol. The molecule has 4 aliphatic carbocycles. The van der Waals surface area contributed by atoms with E-state index in [9.17, 15) is 9.90 Å². The lowest BCUT2D eigenvalue weighted by atomic mass is 9.40. The summed E-state index contributed by atoms with van der Waals surface area (Å²) in [6.07, 6.45) is 10.6. The number of aliphatic hydroxyl groups is 1. The van der Waals surface area contributed by atoms with E-state index in [0.29, 0.717) is 17.6 Å². The van der Waals surface area contributed by atoms with Crippen molar-refractivity contribution in [2.45, 2.75) is 72.3 Å². The summed E-state index contributed by atoms with van der Waals surface area (Å²) < 4.78 is 0. The van der Waals surface area contributed by atoms with Gasteiger partial charge in [0.05, 0.1) is 6.10 Å². The quantitative estimate of drug-likeness (QED) is 0.683. The van der Waals surface area contributed by atoms with Crippen molar-refractivity contribution in [1.82, 2.24) is 0 Å². The fourth-order valence-corrected chi connectivity index (χ4v) is 7.05. The third kappa shape index (κ3) is 1.58. The van der Waals surface area contributed by atoms with Crippen molar-refractivity contribution in [3.63, 3.8) is 0 Å². The Balaban J connectivity index is 1.78. The van der Waals surface area contributed by atoms with Gasteiger partial charge in [0.15, 0.2) is 0 Å². The van der Waals surface area contributed by atoms with Crippen LogP contribution in [-0.4, -0.2) is 17.0 Å². The maximum Gasteiger partial charge on any atom is 0.142 e. The molecule has 0 aromatic carbocycles. The fraction of sp³-hybridized carbons (Fsp3) is 0.850. The maximum absolute atomic E-state index is 12.8. The standard InChI is InChI=1S/C20H30O2/c1-17(2)13-5-8-20-10-9-18(3,12-20)16(22)11-14(20)19(13,4)7-6-15(17)21/h9-10,13-15,21H,5-8,11-12H2,1-4H3/t13-,14+,15-,18-,19-,20+/m1/s1. The highest BCUT2D eigenvalue weighted by Gasteiger charge is 2.65. The summed E-state index contributed by atoms with van der Waals surface area (Å²) in [6.45, 7) is 9.06. The number of rotatable bonds is 0. The zero-order chi connectivity index (χ0) is 16.0. The molecule has 0 unspecified atom stereocenters. The fourth-order valence-electron chi connectivity index (χ4n) is 7.05. The molecule has 2 nitrogen and oxygen atoms in total. The molecule has 0 amide bonds. The normalized spacial score (nSPS) is 55.7. The Morgan fingerprint density at radius 2 is 1.77 bits per heavy atom. The van der Waals surface area contributed by atoms with Gasteiger partial charge < -0.3 is 5.11 Å². The number of carbonyl (C=O) groups excluding carboxylic acids is 1. The van der Waals surface area contributed by atoms with Crippen LogP contribution >= 0.6 is 0 Å². The van der Waals surface area contributed by atoms with Crippen LogP contribution in [0.2, 0.25) is 0 Å². The van der Waals surface area contributed by atoms with Crippen LogP contribution in [0.1, 0.15) is 66.2 Å². The number of Topliss-reactive ketones (excluding diaryl/α,β-unsaturated/α-hetero) is 1. The van der Waals surface area contributed by atoms with Crippen LogP contribution in [0.25, 0.3) is 0 Å². The molecule has 0 heterocycles. The van der Waals surface area contributed by atoms with Gasteiger partial charge in [-0.2, -0.15) is 0 Å². The van der Waals surface area contributed by atoms with Gasteiger partial charge in [-0.3, -0.25) is 4.79 Å². The minimum absolute atomic E-state index is 0.0271. The van der Waals surface area contributed by atoms with Crippen molar-refractivity contribution in [2.24, 2.45) is 33.5 Å². The topological polar surface area (TPSA) is 37.3 Å². The van der Waals surface area contributed by atoms with E-state index >= 15 is 0 Å². The second-order valence-electron chi connectivity index (χ2n) is 9.81. The van der Waals surface area contributed by atoms with Crippen LogP contribution in [0.3, 0.4) is 0 Å². The SMILES string of the molecule is CC1(C)[C@H](O)CC[C@]2(C)[C@@H]1CC[C@]13C=C[C@](C)(C1)C(=O)C[C@H]32. The van der Waals surface area contributed by atoms with Gasteiger partial charge >= 0.3 is 0 Å². The van der Waals surface area contributed by atoms with E-state index in [-0.39, 0.29) is 27.8 Å². The Morgan fingerprint density at radius 1 is 1.05 bits per heavy atom. The molecule has 1 N–H and O–H groups in total. The summed E-state index contributed by atoms with van der Waals surface area (Å²) in [7, 11) is 0. The first-order valence-corrected chi connectivity index (χ1v) is 9.06. The molecule has 122 valence electrons. The van der Waals surface area contributed by atoms with Crippen LogP contribution in [0, 0.1) is 33.5 Å². The third-order valence-corrected chi connectivity index (χ3v) is 8.40. The van der Waals surface area contributed by atoms with Crippen molar-refractivity contribution < 1.29 is 9.90 Å². The van der Waals surface area contributed by atoms with Gasteiger partial charge in [0.2, 0.25) is 0 Å². The predicted octanol–water partition coefficient (Wildman–Crippen LogP) is 4.13. The second-order valence-corrected chi connectivity index (χ2v) is 9.81. The summed E-state index contributed by atoms with van der Waals surface area (Å²) in [6, 6.07) is 0. The van der Waals surface area contributed by atoms with Crippen molar-refractivity contribution in [1.29, 1.82) is 0 Å². The highest BCUT2D eigenvalue weighted by molar-refractivity contribution is 5.89. The molecule has 3 saturated carbocycles. The first-order valence-electron chi connectivity index (χ1n) is 9.06. The van der Waals surface area contributed by atoms with E-state index < -0.39 is 0 Å². The largest absolute Gasteiger partial charge is 0.393 e. The molecule has 2 bridgehead atoms. The molecular formula is C20H30O2. The van der Waals surface area contributed by atoms with Crippen molar-refractivity contribution >= 4 is 5.78 Å². The molecule has 4 rings (SSSR count). The molecule has 2 heteroatoms. The number of carbonyl (C=O) groups is 1. The second kappa shape index (κ2) is 4.06. The lowest BCUT2D eigenvalue weighted by Crippen LogP contribution is -2.60. The molecule has 0 aliphatic heterocycles. The Morgan fingerprint density at radius 3 is 2.50 bits per heavy atom. The van der Waals surface area contributed by atoms with Crippen molar-refractivity contribution in [3.05, 3.63) is 12.2 Å². The Kier molecular flexibility index (Phi) is 2.76. The third-order valence-electron chi connectivity index (χ3n) is 8.40. The first kappa shape index (κ1) is 14.9. The molecule has 6 atom stereocenters. The number of aliphatic hydroxyl groups excluding tert-OH is 1. The summed E-state index contributed by atoms with van der Waals surface area (Å²) in [5.41, 5.74) is 0.239. The van der Waals surface area contributed by atoms with E-state index in [1.807, 2.05) is 0 Å². The van der Waals surface area contributed by atoms with Crippen LogP contribution in [-0.2, 0) is 4.79 Å². The van der Waals surface area contributed by atoms with E-state index in [2.05, 4.69) is 39.8 Å². The van der Waals surface area contributed by atoms with Crippen LogP contribution in [0.4, 0.5) is 0 Å². The summed E-state index contributed by atoms with van der Waals surface area (Å²) >= 11 is 0. The van der Waals surface area contributed by atoms with Gasteiger partial charge in [-0.25, -0.2) is 0 Å². The van der Waals surface area contributed by atoms with Crippen LogP contribution < -0.4 is 0 Å². The zero-order valence-corrected chi connectivity index (χ0v) is 14.5. The number of hydrogen-bond acceptors (Lipinski definition) is 2. The van der Waals surface area contributed by atoms with E-state index in [4.69, 9.17) is 0 Å². The molecule has 0 saturated heterocycles. The number of hydrogen-bond donors (Lipinski definition) is 1. The molecule has 4 aliphatic rings. The molecule has 3 fully saturated rings. The molecular weight excluding hydrogens is 272 g/mol. The van der Waals surface area contributed by atoms with Gasteiger partial charge in [-0.05, 0) is 67.1 Å². The van der Waals surface area contributed by atoms with E-state index in [1.165, 1.54) is 12.8 Å². The molecule has 22 heavy (non-hydrogen) atoms. The summed E-state index contributed by atoms with van der Waals surface area (Å²) in [5.74, 6) is 1.46. The highest BCUT2D eigenvalue weighted by atomic mass is 16.3. The van der Waals surface area contributed by atoms with Gasteiger partial charge in [-0.15, -0.1) is 0 Å². The van der Waals surface area contributed by atoms with Crippen molar-refractivity contribution in [2.75, 3.05) is 0 Å². The monoisotopic (exact) mass is 302 g/mol. The van der Waals surface area contributed by atoms with Gasteiger partial charge in [0.1, 0.15) is 5.78 Å². The molecule has 1 spiro atoms. The average Bonchev–Trinajstić information content (AvgIpc) is 2.73. The zero-order valence-electron chi connectivity index (χ0n) is 14.5.